The van der Waals surface area contributed by atoms with Gasteiger partial charge in [-0.05, 0) is 54.1 Å². The van der Waals surface area contributed by atoms with Gasteiger partial charge in [0.15, 0.2) is 0 Å². The topological polar surface area (TPSA) is 113 Å². The second-order valence-electron chi connectivity index (χ2n) is 8.03. The maximum absolute atomic E-state index is 14.1. The maximum Gasteiger partial charge on any atom is 0.255 e. The summed E-state index contributed by atoms with van der Waals surface area (Å²) in [5, 5.41) is 7.50. The van der Waals surface area contributed by atoms with Crippen LogP contribution in [0.1, 0.15) is 21.8 Å². The fourth-order valence-corrected chi connectivity index (χ4v) is 3.59. The quantitative estimate of drug-likeness (QED) is 0.207. The molecule has 4 aromatic rings. The Morgan fingerprint density at radius 3 is 1.54 bits per heavy atom. The van der Waals surface area contributed by atoms with Crippen LogP contribution in [0, 0.1) is 11.6 Å². The third kappa shape index (κ3) is 5.96. The van der Waals surface area contributed by atoms with Crippen LogP contribution >= 0.6 is 0 Å². The first-order valence-electron chi connectivity index (χ1n) is 11.2. The molecule has 4 aromatic carbocycles. The number of carbonyl (C=O) groups excluding carboxylic acids is 3. The van der Waals surface area contributed by atoms with Crippen molar-refractivity contribution in [3.63, 3.8) is 0 Å². The van der Waals surface area contributed by atoms with Crippen LogP contribution in [0.25, 0.3) is 0 Å². The molecule has 0 atom stereocenters. The van der Waals surface area contributed by atoms with Crippen molar-refractivity contribution in [2.75, 3.05) is 21.7 Å². The van der Waals surface area contributed by atoms with Crippen molar-refractivity contribution in [1.29, 1.82) is 0 Å². The van der Waals surface area contributed by atoms with E-state index in [-0.39, 0.29) is 22.5 Å². The first-order valence-corrected chi connectivity index (χ1v) is 11.2. The molecule has 0 aliphatic carbocycles. The molecule has 0 heterocycles. The SMILES string of the molecule is Nc1ccccc1NC(=O)c1ccc(C(C(=O)Nc2ccccc2F)C(=O)Nc2ccccc2F)cc1. The molecule has 0 spiro atoms. The van der Waals surface area contributed by atoms with Crippen molar-refractivity contribution >= 4 is 40.5 Å². The number of nitrogen functional groups attached to an aromatic ring is 1. The average molecular weight is 501 g/mol. The molecule has 5 N–H and O–H groups in total. The summed E-state index contributed by atoms with van der Waals surface area (Å²) in [5.41, 5.74) is 6.91. The van der Waals surface area contributed by atoms with Crippen molar-refractivity contribution in [2.45, 2.75) is 5.92 Å². The van der Waals surface area contributed by atoms with E-state index in [1.165, 1.54) is 60.7 Å². The van der Waals surface area contributed by atoms with E-state index in [9.17, 15) is 23.2 Å². The molecule has 9 heteroatoms. The van der Waals surface area contributed by atoms with Crippen LogP contribution in [-0.2, 0) is 9.59 Å². The smallest absolute Gasteiger partial charge is 0.255 e. The van der Waals surface area contributed by atoms with Gasteiger partial charge in [-0.2, -0.15) is 0 Å². The second-order valence-corrected chi connectivity index (χ2v) is 8.03. The Morgan fingerprint density at radius 2 is 1.05 bits per heavy atom. The average Bonchev–Trinajstić information content (AvgIpc) is 2.89. The minimum atomic E-state index is -1.49. The minimum Gasteiger partial charge on any atom is -0.397 e. The standard InChI is InChI=1S/C28H22F2N4O3/c29-19-7-1-4-10-22(19)32-27(36)25(28(37)33-23-11-5-2-8-20(23)30)17-13-15-18(16-14-17)26(35)34-24-12-6-3-9-21(24)31/h1-16,25H,31H2,(H,32,36)(H,33,37)(H,34,35). The summed E-state index contributed by atoms with van der Waals surface area (Å²) in [7, 11) is 0. The number of benzene rings is 4. The minimum absolute atomic E-state index is 0.118. The van der Waals surface area contributed by atoms with E-state index in [0.29, 0.717) is 11.4 Å². The van der Waals surface area contributed by atoms with Gasteiger partial charge < -0.3 is 21.7 Å². The zero-order valence-corrected chi connectivity index (χ0v) is 19.4. The molecular weight excluding hydrogens is 478 g/mol. The van der Waals surface area contributed by atoms with E-state index >= 15 is 0 Å². The van der Waals surface area contributed by atoms with Crippen molar-refractivity contribution in [3.8, 4) is 0 Å². The van der Waals surface area contributed by atoms with Gasteiger partial charge in [0, 0.05) is 5.56 Å². The van der Waals surface area contributed by atoms with Crippen molar-refractivity contribution in [2.24, 2.45) is 0 Å². The number of carbonyl (C=O) groups is 3. The number of para-hydroxylation sites is 4. The first-order chi connectivity index (χ1) is 17.8. The number of halogens is 2. The third-order valence-corrected chi connectivity index (χ3v) is 5.50. The third-order valence-electron chi connectivity index (χ3n) is 5.50. The van der Waals surface area contributed by atoms with E-state index in [2.05, 4.69) is 16.0 Å². The summed E-state index contributed by atoms with van der Waals surface area (Å²) >= 11 is 0. The Bertz CT molecular complexity index is 1400. The van der Waals surface area contributed by atoms with E-state index in [4.69, 9.17) is 5.73 Å². The molecule has 0 saturated heterocycles. The van der Waals surface area contributed by atoms with Gasteiger partial charge in [0.2, 0.25) is 11.8 Å². The molecule has 0 radical (unpaired) electrons. The lowest BCUT2D eigenvalue weighted by molar-refractivity contribution is -0.126. The molecule has 7 nitrogen and oxygen atoms in total. The monoisotopic (exact) mass is 500 g/mol. The predicted molar refractivity (Wildman–Crippen MR) is 138 cm³/mol. The summed E-state index contributed by atoms with van der Waals surface area (Å²) in [5.74, 6) is -4.98. The molecular formula is C28H22F2N4O3. The number of amides is 3. The van der Waals surface area contributed by atoms with Crippen LogP contribution in [-0.4, -0.2) is 17.7 Å². The Kier molecular flexibility index (Phi) is 7.53. The Labute approximate surface area is 211 Å². The summed E-state index contributed by atoms with van der Waals surface area (Å²) in [4.78, 5) is 39.0. The number of nitrogens with one attached hydrogen (secondary N) is 3. The fourth-order valence-electron chi connectivity index (χ4n) is 3.59. The molecule has 186 valence electrons. The highest BCUT2D eigenvalue weighted by Crippen LogP contribution is 2.24. The zero-order chi connectivity index (χ0) is 26.4. The fraction of sp³-hybridized carbons (Fsp3) is 0.0357. The van der Waals surface area contributed by atoms with Gasteiger partial charge in [-0.1, -0.05) is 48.5 Å². The lowest BCUT2D eigenvalue weighted by Gasteiger charge is -2.18. The molecule has 37 heavy (non-hydrogen) atoms. The number of rotatable bonds is 7. The van der Waals surface area contributed by atoms with Gasteiger partial charge >= 0.3 is 0 Å². The molecule has 0 aliphatic rings. The van der Waals surface area contributed by atoms with E-state index in [1.807, 2.05) is 0 Å². The van der Waals surface area contributed by atoms with Crippen molar-refractivity contribution in [3.05, 3.63) is 120 Å². The van der Waals surface area contributed by atoms with Gasteiger partial charge in [-0.3, -0.25) is 14.4 Å². The first kappa shape index (κ1) is 25.1. The van der Waals surface area contributed by atoms with Crippen LogP contribution < -0.4 is 21.7 Å². The molecule has 0 fully saturated rings. The Balaban J connectivity index is 1.60. The molecule has 0 aromatic heterocycles. The predicted octanol–water partition coefficient (Wildman–Crippen LogP) is 5.16. The van der Waals surface area contributed by atoms with Crippen LogP contribution in [0.15, 0.2) is 97.1 Å². The molecule has 3 amide bonds. The Hall–Kier alpha value is -5.05. The molecule has 0 aliphatic heterocycles. The van der Waals surface area contributed by atoms with Crippen molar-refractivity contribution < 1.29 is 23.2 Å². The van der Waals surface area contributed by atoms with Crippen molar-refractivity contribution in [1.82, 2.24) is 0 Å². The van der Waals surface area contributed by atoms with Crippen LogP contribution in [0.3, 0.4) is 0 Å². The normalized spacial score (nSPS) is 10.6. The highest BCUT2D eigenvalue weighted by molar-refractivity contribution is 6.15. The lowest BCUT2D eigenvalue weighted by atomic mass is 9.95. The van der Waals surface area contributed by atoms with Crippen LogP contribution in [0.4, 0.5) is 31.5 Å². The molecule has 0 bridgehead atoms. The number of hydrogen-bond donors (Lipinski definition) is 4. The molecule has 4 rings (SSSR count). The van der Waals surface area contributed by atoms with Gasteiger partial charge in [0.05, 0.1) is 22.7 Å². The van der Waals surface area contributed by atoms with Crippen LogP contribution in [0.5, 0.6) is 0 Å². The summed E-state index contributed by atoms with van der Waals surface area (Å²) in [6.45, 7) is 0. The van der Waals surface area contributed by atoms with Gasteiger partial charge in [0.1, 0.15) is 17.6 Å². The number of nitrogens with two attached hydrogens (primary N) is 1. The lowest BCUT2D eigenvalue weighted by Crippen LogP contribution is -2.32. The zero-order valence-electron chi connectivity index (χ0n) is 19.4. The second kappa shape index (κ2) is 11.1. The highest BCUT2D eigenvalue weighted by Gasteiger charge is 2.30. The molecule has 0 saturated carbocycles. The maximum atomic E-state index is 14.1. The summed E-state index contributed by atoms with van der Waals surface area (Å²) < 4.78 is 28.3. The van der Waals surface area contributed by atoms with E-state index < -0.39 is 35.3 Å². The van der Waals surface area contributed by atoms with Gasteiger partial charge in [0.25, 0.3) is 5.91 Å². The van der Waals surface area contributed by atoms with Gasteiger partial charge in [-0.25, -0.2) is 8.78 Å². The number of anilines is 4. The number of hydrogen-bond acceptors (Lipinski definition) is 4. The largest absolute Gasteiger partial charge is 0.397 e. The summed E-state index contributed by atoms with van der Waals surface area (Å²) in [6, 6.07) is 23.5. The summed E-state index contributed by atoms with van der Waals surface area (Å²) in [6.07, 6.45) is 0. The van der Waals surface area contributed by atoms with E-state index in [1.54, 1.807) is 24.3 Å². The molecule has 0 unspecified atom stereocenters. The Morgan fingerprint density at radius 1 is 0.595 bits per heavy atom. The van der Waals surface area contributed by atoms with Gasteiger partial charge in [-0.15, -0.1) is 0 Å². The highest BCUT2D eigenvalue weighted by atomic mass is 19.1. The van der Waals surface area contributed by atoms with Crippen LogP contribution in [0.2, 0.25) is 0 Å². The van der Waals surface area contributed by atoms with E-state index in [0.717, 1.165) is 12.1 Å².